The third-order valence-corrected chi connectivity index (χ3v) is 5.59. The highest BCUT2D eigenvalue weighted by atomic mass is 19.1. The molecule has 2 aliphatic heterocycles. The molecule has 2 aromatic rings. The number of carbonyl (C=O) groups excluding carboxylic acids is 4. The lowest BCUT2D eigenvalue weighted by molar-refractivity contribution is -0.137. The standard InChI is InChI=1S/C23H22FN3O5/c1-13(21(29)25-11-14-4-2-3-5-18(14)24)32-16-6-7-17-15(10-16)12-27(23(17)31)19-8-9-20(28)26-22(19)30/h2-7,10,13,19H,8-9,11-12H2,1H3,(H,25,29)(H,26,28,30). The zero-order chi connectivity index (χ0) is 22.8. The number of imide groups is 1. The van der Waals surface area contributed by atoms with Crippen molar-refractivity contribution in [3.8, 4) is 5.75 Å². The smallest absolute Gasteiger partial charge is 0.261 e. The van der Waals surface area contributed by atoms with Gasteiger partial charge in [0.05, 0.1) is 0 Å². The van der Waals surface area contributed by atoms with Gasteiger partial charge in [0.1, 0.15) is 17.6 Å². The Morgan fingerprint density at radius 3 is 2.78 bits per heavy atom. The topological polar surface area (TPSA) is 105 Å². The van der Waals surface area contributed by atoms with E-state index < -0.39 is 29.8 Å². The molecule has 166 valence electrons. The molecule has 2 heterocycles. The minimum atomic E-state index is -0.844. The molecule has 1 saturated heterocycles. The Bertz CT molecular complexity index is 1100. The van der Waals surface area contributed by atoms with Crippen LogP contribution in [0.3, 0.4) is 0 Å². The Balaban J connectivity index is 1.38. The number of nitrogens with zero attached hydrogens (tertiary/aromatic N) is 1. The second-order valence-corrected chi connectivity index (χ2v) is 7.79. The first kappa shape index (κ1) is 21.5. The molecule has 0 saturated carbocycles. The van der Waals surface area contributed by atoms with Gasteiger partial charge in [-0.3, -0.25) is 24.5 Å². The molecule has 2 atom stereocenters. The lowest BCUT2D eigenvalue weighted by atomic mass is 10.0. The molecule has 2 aromatic carbocycles. The summed E-state index contributed by atoms with van der Waals surface area (Å²) < 4.78 is 19.4. The molecule has 8 nitrogen and oxygen atoms in total. The van der Waals surface area contributed by atoms with Gasteiger partial charge >= 0.3 is 0 Å². The van der Waals surface area contributed by atoms with Crippen LogP contribution >= 0.6 is 0 Å². The highest BCUT2D eigenvalue weighted by Gasteiger charge is 2.39. The number of amides is 4. The normalized spacial score (nSPS) is 18.8. The number of hydrogen-bond donors (Lipinski definition) is 2. The lowest BCUT2D eigenvalue weighted by Gasteiger charge is -2.29. The summed E-state index contributed by atoms with van der Waals surface area (Å²) >= 11 is 0. The van der Waals surface area contributed by atoms with Crippen molar-refractivity contribution in [3.05, 3.63) is 65.0 Å². The quantitative estimate of drug-likeness (QED) is 0.667. The van der Waals surface area contributed by atoms with Gasteiger partial charge in [-0.1, -0.05) is 18.2 Å². The van der Waals surface area contributed by atoms with Crippen LogP contribution in [0.25, 0.3) is 0 Å². The number of piperidine rings is 1. The summed E-state index contributed by atoms with van der Waals surface area (Å²) in [6, 6.07) is 10.3. The van der Waals surface area contributed by atoms with Crippen LogP contribution in [0, 0.1) is 5.82 Å². The van der Waals surface area contributed by atoms with Crippen molar-refractivity contribution in [3.63, 3.8) is 0 Å². The first-order valence-electron chi connectivity index (χ1n) is 10.3. The van der Waals surface area contributed by atoms with E-state index in [4.69, 9.17) is 4.74 Å². The molecule has 4 amide bonds. The van der Waals surface area contributed by atoms with Crippen LogP contribution in [0.15, 0.2) is 42.5 Å². The average Bonchev–Trinajstić information content (AvgIpc) is 3.08. The molecule has 4 rings (SSSR count). The summed E-state index contributed by atoms with van der Waals surface area (Å²) in [6.07, 6.45) is -0.375. The lowest BCUT2D eigenvalue weighted by Crippen LogP contribution is -2.52. The fourth-order valence-electron chi connectivity index (χ4n) is 3.85. The largest absolute Gasteiger partial charge is 0.481 e. The van der Waals surface area contributed by atoms with Crippen LogP contribution < -0.4 is 15.4 Å². The van der Waals surface area contributed by atoms with Crippen LogP contribution in [0.1, 0.15) is 41.3 Å². The van der Waals surface area contributed by atoms with Gasteiger partial charge in [-0.2, -0.15) is 0 Å². The average molecular weight is 439 g/mol. The van der Waals surface area contributed by atoms with Gasteiger partial charge in [0.2, 0.25) is 11.8 Å². The van der Waals surface area contributed by atoms with Gasteiger partial charge in [0.15, 0.2) is 6.10 Å². The van der Waals surface area contributed by atoms with Crippen LogP contribution in [0.4, 0.5) is 4.39 Å². The highest BCUT2D eigenvalue weighted by Crippen LogP contribution is 2.30. The summed E-state index contributed by atoms with van der Waals surface area (Å²) in [6.45, 7) is 1.83. The van der Waals surface area contributed by atoms with Crippen LogP contribution in [-0.4, -0.2) is 40.7 Å². The number of nitrogens with one attached hydrogen (secondary N) is 2. The van der Waals surface area contributed by atoms with Gasteiger partial charge in [-0.25, -0.2) is 4.39 Å². The van der Waals surface area contributed by atoms with Crippen molar-refractivity contribution in [1.29, 1.82) is 0 Å². The van der Waals surface area contributed by atoms with Crippen LogP contribution in [-0.2, 0) is 27.5 Å². The van der Waals surface area contributed by atoms with E-state index in [9.17, 15) is 23.6 Å². The van der Waals surface area contributed by atoms with Gasteiger partial charge in [0, 0.05) is 30.6 Å². The molecule has 2 N–H and O–H groups in total. The van der Waals surface area contributed by atoms with E-state index in [0.717, 1.165) is 0 Å². The van der Waals surface area contributed by atoms with Gasteiger partial charge in [0.25, 0.3) is 11.8 Å². The molecule has 0 bridgehead atoms. The summed E-state index contributed by atoms with van der Waals surface area (Å²) in [5, 5.41) is 4.91. The molecule has 0 aliphatic carbocycles. The number of halogens is 1. The fraction of sp³-hybridized carbons (Fsp3) is 0.304. The molecule has 2 aliphatic rings. The van der Waals surface area contributed by atoms with Gasteiger partial charge in [-0.15, -0.1) is 0 Å². The molecule has 0 radical (unpaired) electrons. The first-order valence-corrected chi connectivity index (χ1v) is 10.3. The van der Waals surface area contributed by atoms with E-state index in [1.807, 2.05) is 0 Å². The second kappa shape index (κ2) is 8.78. The van der Waals surface area contributed by atoms with E-state index in [-0.39, 0.29) is 37.7 Å². The van der Waals surface area contributed by atoms with Crippen molar-refractivity contribution in [2.24, 2.45) is 0 Å². The zero-order valence-electron chi connectivity index (χ0n) is 17.4. The molecule has 9 heteroatoms. The van der Waals surface area contributed by atoms with Gasteiger partial charge in [-0.05, 0) is 43.2 Å². The Kier molecular flexibility index (Phi) is 5.89. The Morgan fingerprint density at radius 1 is 1.25 bits per heavy atom. The molecular weight excluding hydrogens is 417 g/mol. The number of carbonyl (C=O) groups is 4. The number of ether oxygens (including phenoxy) is 1. The van der Waals surface area contributed by atoms with Crippen molar-refractivity contribution in [1.82, 2.24) is 15.5 Å². The van der Waals surface area contributed by atoms with Crippen LogP contribution in [0.5, 0.6) is 5.75 Å². The van der Waals surface area contributed by atoms with E-state index in [2.05, 4.69) is 10.6 Å². The minimum Gasteiger partial charge on any atom is -0.481 e. The minimum absolute atomic E-state index is 0.0405. The number of rotatable bonds is 6. The summed E-state index contributed by atoms with van der Waals surface area (Å²) in [5.41, 5.74) is 1.51. The number of hydrogen-bond acceptors (Lipinski definition) is 5. The Morgan fingerprint density at radius 2 is 2.03 bits per heavy atom. The molecule has 1 fully saturated rings. The zero-order valence-corrected chi connectivity index (χ0v) is 17.4. The highest BCUT2D eigenvalue weighted by molar-refractivity contribution is 6.05. The van der Waals surface area contributed by atoms with Crippen molar-refractivity contribution < 1.29 is 28.3 Å². The molecule has 2 unspecified atom stereocenters. The maximum Gasteiger partial charge on any atom is 0.261 e. The Hall–Kier alpha value is -3.75. The molecule has 32 heavy (non-hydrogen) atoms. The predicted octanol–water partition coefficient (Wildman–Crippen LogP) is 1.67. The fourth-order valence-corrected chi connectivity index (χ4v) is 3.85. The number of fused-ring (bicyclic) bond motifs is 1. The van der Waals surface area contributed by atoms with Crippen molar-refractivity contribution in [2.75, 3.05) is 0 Å². The predicted molar refractivity (Wildman–Crippen MR) is 111 cm³/mol. The SMILES string of the molecule is CC(Oc1ccc2c(c1)CN(C1CCC(=O)NC1=O)C2=O)C(=O)NCc1ccccc1F. The van der Waals surface area contributed by atoms with Crippen molar-refractivity contribution >= 4 is 23.6 Å². The first-order chi connectivity index (χ1) is 15.3. The second-order valence-electron chi connectivity index (χ2n) is 7.79. The Labute approximate surface area is 183 Å². The number of benzene rings is 2. The third-order valence-electron chi connectivity index (χ3n) is 5.59. The van der Waals surface area contributed by atoms with Gasteiger partial charge < -0.3 is 15.0 Å². The van der Waals surface area contributed by atoms with Crippen LogP contribution in [0.2, 0.25) is 0 Å². The summed E-state index contributed by atoms with van der Waals surface area (Å²) in [7, 11) is 0. The maximum atomic E-state index is 13.7. The van der Waals surface area contributed by atoms with Crippen molar-refractivity contribution in [2.45, 2.75) is 45.0 Å². The monoisotopic (exact) mass is 439 g/mol. The molecular formula is C23H22FN3O5. The van der Waals surface area contributed by atoms with E-state index >= 15 is 0 Å². The van der Waals surface area contributed by atoms with E-state index in [1.54, 1.807) is 43.3 Å². The molecule has 0 spiro atoms. The van der Waals surface area contributed by atoms with E-state index in [1.165, 1.54) is 11.0 Å². The maximum absolute atomic E-state index is 13.7. The summed E-state index contributed by atoms with van der Waals surface area (Å²) in [5.74, 6) is -1.50. The molecule has 0 aromatic heterocycles. The summed E-state index contributed by atoms with van der Waals surface area (Å²) in [4.78, 5) is 50.0. The van der Waals surface area contributed by atoms with E-state index in [0.29, 0.717) is 22.4 Å². The third kappa shape index (κ3) is 4.32.